The average Bonchev–Trinajstić information content (AvgIpc) is 2.78. The molecular weight excluding hydrogens is 330 g/mol. The number of hydrogen-bond donors (Lipinski definition) is 2. The monoisotopic (exact) mass is 345 g/mol. The van der Waals surface area contributed by atoms with E-state index in [1.807, 2.05) is 0 Å². The van der Waals surface area contributed by atoms with Gasteiger partial charge in [-0.05, 0) is 24.6 Å². The molecule has 0 aromatic heterocycles. The van der Waals surface area contributed by atoms with Crippen LogP contribution < -0.4 is 10.2 Å². The van der Waals surface area contributed by atoms with Crippen molar-refractivity contribution in [3.05, 3.63) is 29.3 Å². The van der Waals surface area contributed by atoms with Crippen molar-refractivity contribution in [3.63, 3.8) is 0 Å². The maximum absolute atomic E-state index is 12.6. The molecule has 2 heterocycles. The van der Waals surface area contributed by atoms with Gasteiger partial charge in [0.1, 0.15) is 12.6 Å². The van der Waals surface area contributed by atoms with Gasteiger partial charge in [-0.25, -0.2) is 0 Å². The Morgan fingerprint density at radius 1 is 1.24 bits per heavy atom. The summed E-state index contributed by atoms with van der Waals surface area (Å²) < 4.78 is 0. The van der Waals surface area contributed by atoms with Crippen LogP contribution in [0.3, 0.4) is 0 Å². The number of imide groups is 2. The van der Waals surface area contributed by atoms with Crippen LogP contribution in [0.5, 0.6) is 0 Å². The molecule has 0 bridgehead atoms. The number of piperidine rings is 1. The summed E-state index contributed by atoms with van der Waals surface area (Å²) in [5.74, 6) is -3.36. The lowest BCUT2D eigenvalue weighted by Crippen LogP contribution is -2.54. The van der Waals surface area contributed by atoms with Gasteiger partial charge in [0, 0.05) is 19.2 Å². The van der Waals surface area contributed by atoms with Crippen LogP contribution in [0.2, 0.25) is 0 Å². The molecule has 1 saturated heterocycles. The summed E-state index contributed by atoms with van der Waals surface area (Å²) in [5.41, 5.74) is 0.735. The highest BCUT2D eigenvalue weighted by atomic mass is 16.4. The molecule has 9 heteroatoms. The van der Waals surface area contributed by atoms with Gasteiger partial charge in [0.15, 0.2) is 0 Å². The third kappa shape index (κ3) is 2.84. The lowest BCUT2D eigenvalue weighted by molar-refractivity contribution is -0.137. The molecule has 0 saturated carbocycles. The molecule has 1 aromatic carbocycles. The Bertz CT molecular complexity index is 818. The molecule has 2 aliphatic rings. The molecule has 2 N–H and O–H groups in total. The van der Waals surface area contributed by atoms with E-state index < -0.39 is 35.6 Å². The second-order valence-corrected chi connectivity index (χ2v) is 5.93. The average molecular weight is 345 g/mol. The van der Waals surface area contributed by atoms with Crippen molar-refractivity contribution >= 4 is 35.3 Å². The molecule has 1 unspecified atom stereocenters. The molecule has 1 aromatic rings. The highest BCUT2D eigenvalue weighted by Gasteiger charge is 2.44. The summed E-state index contributed by atoms with van der Waals surface area (Å²) in [4.78, 5) is 61.5. The number of fused-ring (bicyclic) bond motifs is 1. The summed E-state index contributed by atoms with van der Waals surface area (Å²) in [6, 6.07) is 3.39. The Labute approximate surface area is 142 Å². The predicted molar refractivity (Wildman–Crippen MR) is 84.0 cm³/mol. The van der Waals surface area contributed by atoms with E-state index in [9.17, 15) is 24.0 Å². The standard InChI is InChI=1S/C16H15N3O6/c1-18(7-13(21)22)8-2-3-9-10(6-8)16(25)19(15(9)24)11-4-5-12(20)17-14(11)23/h2-3,6,11H,4-5,7H2,1H3,(H,21,22)(H,17,20,23). The van der Waals surface area contributed by atoms with Crippen LogP contribution in [0.4, 0.5) is 5.69 Å². The van der Waals surface area contributed by atoms with Crippen LogP contribution in [0.25, 0.3) is 0 Å². The fourth-order valence-corrected chi connectivity index (χ4v) is 2.99. The van der Waals surface area contributed by atoms with Crippen LogP contribution in [-0.2, 0) is 14.4 Å². The minimum Gasteiger partial charge on any atom is -0.480 e. The summed E-state index contributed by atoms with van der Waals surface area (Å²) in [6.45, 7) is -0.266. The predicted octanol–water partition coefficient (Wildman–Crippen LogP) is -0.391. The van der Waals surface area contributed by atoms with E-state index in [1.54, 1.807) is 13.1 Å². The van der Waals surface area contributed by atoms with Gasteiger partial charge >= 0.3 is 5.97 Å². The number of nitrogens with zero attached hydrogens (tertiary/aromatic N) is 2. The lowest BCUT2D eigenvalue weighted by atomic mass is 10.0. The first kappa shape index (κ1) is 16.6. The Kier molecular flexibility index (Phi) is 3.99. The van der Waals surface area contributed by atoms with Gasteiger partial charge in [-0.1, -0.05) is 0 Å². The lowest BCUT2D eigenvalue weighted by Gasteiger charge is -2.27. The van der Waals surface area contributed by atoms with Crippen LogP contribution in [0, 0.1) is 0 Å². The second-order valence-electron chi connectivity index (χ2n) is 5.93. The van der Waals surface area contributed by atoms with E-state index >= 15 is 0 Å². The number of carbonyl (C=O) groups excluding carboxylic acids is 4. The SMILES string of the molecule is CN(CC(=O)O)c1ccc2c(c1)C(=O)N(C1CCC(=O)NC1=O)C2=O. The quantitative estimate of drug-likeness (QED) is 0.712. The molecule has 1 atom stereocenters. The maximum atomic E-state index is 12.6. The fourth-order valence-electron chi connectivity index (χ4n) is 2.99. The summed E-state index contributed by atoms with van der Waals surface area (Å²) in [5, 5.41) is 11.0. The summed E-state index contributed by atoms with van der Waals surface area (Å²) in [7, 11) is 1.55. The molecular formula is C16H15N3O6. The van der Waals surface area contributed by atoms with Gasteiger partial charge in [0.25, 0.3) is 11.8 Å². The van der Waals surface area contributed by atoms with Crippen molar-refractivity contribution in [2.75, 3.05) is 18.5 Å². The zero-order valence-electron chi connectivity index (χ0n) is 13.3. The number of carboxylic acid groups (broad SMARTS) is 1. The van der Waals surface area contributed by atoms with Gasteiger partial charge in [-0.3, -0.25) is 34.2 Å². The number of anilines is 1. The minimum atomic E-state index is -1.03. The van der Waals surface area contributed by atoms with Crippen LogP contribution in [0.15, 0.2) is 18.2 Å². The summed E-state index contributed by atoms with van der Waals surface area (Å²) >= 11 is 0. The van der Waals surface area contributed by atoms with Gasteiger partial charge in [0.05, 0.1) is 11.1 Å². The number of rotatable bonds is 4. The van der Waals surface area contributed by atoms with Gasteiger partial charge in [0.2, 0.25) is 11.8 Å². The second kappa shape index (κ2) is 6.00. The van der Waals surface area contributed by atoms with Gasteiger partial charge < -0.3 is 10.0 Å². The fraction of sp³-hybridized carbons (Fsp3) is 0.312. The maximum Gasteiger partial charge on any atom is 0.323 e. The molecule has 0 spiro atoms. The third-order valence-corrected chi connectivity index (χ3v) is 4.24. The zero-order chi connectivity index (χ0) is 18.3. The Balaban J connectivity index is 1.90. The number of benzene rings is 1. The van der Waals surface area contributed by atoms with Crippen molar-refractivity contribution in [1.29, 1.82) is 0 Å². The number of nitrogens with one attached hydrogen (secondary N) is 1. The van der Waals surface area contributed by atoms with Crippen LogP contribution in [-0.4, -0.2) is 59.2 Å². The minimum absolute atomic E-state index is 0.0520. The number of hydrogen-bond acceptors (Lipinski definition) is 6. The molecule has 9 nitrogen and oxygen atoms in total. The first-order valence-corrected chi connectivity index (χ1v) is 7.58. The molecule has 0 aliphatic carbocycles. The number of amides is 4. The van der Waals surface area contributed by atoms with Crippen molar-refractivity contribution in [1.82, 2.24) is 10.2 Å². The smallest absolute Gasteiger partial charge is 0.323 e. The largest absolute Gasteiger partial charge is 0.480 e. The molecule has 25 heavy (non-hydrogen) atoms. The van der Waals surface area contributed by atoms with E-state index in [4.69, 9.17) is 5.11 Å². The number of likely N-dealkylation sites (N-methyl/N-ethyl adjacent to an activating group) is 1. The number of carbonyl (C=O) groups is 5. The highest BCUT2D eigenvalue weighted by molar-refractivity contribution is 6.23. The molecule has 4 amide bonds. The van der Waals surface area contributed by atoms with Crippen molar-refractivity contribution in [3.8, 4) is 0 Å². The van der Waals surface area contributed by atoms with E-state index in [-0.39, 0.29) is 30.5 Å². The topological polar surface area (TPSA) is 124 Å². The molecule has 3 rings (SSSR count). The van der Waals surface area contributed by atoms with Crippen LogP contribution in [0.1, 0.15) is 33.6 Å². The van der Waals surface area contributed by atoms with Crippen LogP contribution >= 0.6 is 0 Å². The number of aliphatic carboxylic acids is 1. The van der Waals surface area contributed by atoms with Gasteiger partial charge in [-0.15, -0.1) is 0 Å². The Morgan fingerprint density at radius 3 is 2.56 bits per heavy atom. The summed E-state index contributed by atoms with van der Waals surface area (Å²) in [6.07, 6.45) is 0.137. The molecule has 0 radical (unpaired) electrons. The highest BCUT2D eigenvalue weighted by Crippen LogP contribution is 2.30. The molecule has 2 aliphatic heterocycles. The molecule has 130 valence electrons. The number of carboxylic acids is 1. The normalized spacial score (nSPS) is 19.7. The van der Waals surface area contributed by atoms with E-state index in [1.165, 1.54) is 17.0 Å². The van der Waals surface area contributed by atoms with E-state index in [2.05, 4.69) is 5.32 Å². The first-order chi connectivity index (χ1) is 11.8. The van der Waals surface area contributed by atoms with Crippen molar-refractivity contribution in [2.24, 2.45) is 0 Å². The van der Waals surface area contributed by atoms with E-state index in [0.717, 1.165) is 4.90 Å². The van der Waals surface area contributed by atoms with Crippen molar-refractivity contribution < 1.29 is 29.1 Å². The molecule has 1 fully saturated rings. The third-order valence-electron chi connectivity index (χ3n) is 4.24. The van der Waals surface area contributed by atoms with E-state index in [0.29, 0.717) is 5.69 Å². The first-order valence-electron chi connectivity index (χ1n) is 7.58. The van der Waals surface area contributed by atoms with Gasteiger partial charge in [-0.2, -0.15) is 0 Å². The Hall–Kier alpha value is -3.23. The van der Waals surface area contributed by atoms with Crippen molar-refractivity contribution in [2.45, 2.75) is 18.9 Å². The Morgan fingerprint density at radius 2 is 1.92 bits per heavy atom. The zero-order valence-corrected chi connectivity index (χ0v) is 13.3.